The van der Waals surface area contributed by atoms with Gasteiger partial charge in [0, 0.05) is 46.4 Å². The SMILES string of the molecule is CN=C(NCCN(CCOC)C1CC1)NCc1ccc(COCC(F)(F)F)cc1. The smallest absolute Gasteiger partial charge is 0.383 e. The van der Waals surface area contributed by atoms with E-state index in [1.54, 1.807) is 26.3 Å². The number of methoxy groups -OCH3 is 1. The predicted octanol–water partition coefficient (Wildman–Crippen LogP) is 2.54. The van der Waals surface area contributed by atoms with Gasteiger partial charge in [-0.3, -0.25) is 9.89 Å². The van der Waals surface area contributed by atoms with Crippen LogP contribution in [0.5, 0.6) is 0 Å². The summed E-state index contributed by atoms with van der Waals surface area (Å²) in [4.78, 5) is 6.66. The molecule has 1 saturated carbocycles. The summed E-state index contributed by atoms with van der Waals surface area (Å²) in [7, 11) is 3.44. The molecule has 1 fully saturated rings. The van der Waals surface area contributed by atoms with E-state index in [0.717, 1.165) is 31.8 Å². The van der Waals surface area contributed by atoms with Crippen molar-refractivity contribution in [2.45, 2.75) is 38.2 Å². The first-order valence-electron chi connectivity index (χ1n) is 9.81. The Morgan fingerprint density at radius 1 is 1.14 bits per heavy atom. The summed E-state index contributed by atoms with van der Waals surface area (Å²) in [5, 5.41) is 6.56. The van der Waals surface area contributed by atoms with Gasteiger partial charge in [0.1, 0.15) is 6.61 Å². The predicted molar refractivity (Wildman–Crippen MR) is 107 cm³/mol. The zero-order valence-electron chi connectivity index (χ0n) is 17.1. The number of hydrogen-bond donors (Lipinski definition) is 2. The Labute approximate surface area is 170 Å². The molecule has 0 spiro atoms. The number of benzene rings is 1. The van der Waals surface area contributed by atoms with Gasteiger partial charge in [0.2, 0.25) is 0 Å². The van der Waals surface area contributed by atoms with Crippen LogP contribution in [0, 0.1) is 0 Å². The molecule has 0 saturated heterocycles. The summed E-state index contributed by atoms with van der Waals surface area (Å²) in [5.74, 6) is 0.713. The maximum atomic E-state index is 12.1. The number of guanidine groups is 1. The average Bonchev–Trinajstić information content (AvgIpc) is 3.52. The van der Waals surface area contributed by atoms with Crippen molar-refractivity contribution < 1.29 is 22.6 Å². The third-order valence-electron chi connectivity index (χ3n) is 4.58. The Morgan fingerprint density at radius 3 is 2.41 bits per heavy atom. The van der Waals surface area contributed by atoms with Crippen LogP contribution in [0.1, 0.15) is 24.0 Å². The molecule has 6 nitrogen and oxygen atoms in total. The number of aliphatic imine (C=N–C) groups is 1. The van der Waals surface area contributed by atoms with Gasteiger partial charge in [-0.2, -0.15) is 13.2 Å². The summed E-state index contributed by atoms with van der Waals surface area (Å²) in [5.41, 5.74) is 1.71. The first-order chi connectivity index (χ1) is 13.9. The lowest BCUT2D eigenvalue weighted by atomic mass is 10.1. The van der Waals surface area contributed by atoms with E-state index in [1.165, 1.54) is 12.8 Å². The molecule has 2 rings (SSSR count). The highest BCUT2D eigenvalue weighted by Gasteiger charge is 2.28. The number of rotatable bonds is 12. The highest BCUT2D eigenvalue weighted by molar-refractivity contribution is 5.79. The van der Waals surface area contributed by atoms with Crippen LogP contribution < -0.4 is 10.6 Å². The van der Waals surface area contributed by atoms with Gasteiger partial charge in [-0.1, -0.05) is 24.3 Å². The van der Waals surface area contributed by atoms with Crippen LogP contribution in [-0.4, -0.2) is 70.1 Å². The summed E-state index contributed by atoms with van der Waals surface area (Å²) < 4.78 is 46.2. The van der Waals surface area contributed by atoms with Crippen LogP contribution in [0.4, 0.5) is 13.2 Å². The number of ether oxygens (including phenoxy) is 2. The Kier molecular flexibility index (Phi) is 9.69. The first-order valence-corrected chi connectivity index (χ1v) is 9.81. The Balaban J connectivity index is 1.67. The molecule has 164 valence electrons. The second-order valence-electron chi connectivity index (χ2n) is 7.04. The summed E-state index contributed by atoms with van der Waals surface area (Å²) >= 11 is 0. The van der Waals surface area contributed by atoms with E-state index in [1.807, 2.05) is 12.1 Å². The average molecular weight is 416 g/mol. The molecule has 1 aliphatic carbocycles. The fourth-order valence-electron chi connectivity index (χ4n) is 2.89. The zero-order chi connectivity index (χ0) is 21.1. The van der Waals surface area contributed by atoms with E-state index in [0.29, 0.717) is 24.1 Å². The Bertz CT molecular complexity index is 619. The normalized spacial score (nSPS) is 15.0. The Hall–Kier alpha value is -1.84. The highest BCUT2D eigenvalue weighted by atomic mass is 19.4. The van der Waals surface area contributed by atoms with Crippen molar-refractivity contribution >= 4 is 5.96 Å². The largest absolute Gasteiger partial charge is 0.411 e. The molecule has 0 heterocycles. The topological polar surface area (TPSA) is 58.1 Å². The van der Waals surface area contributed by atoms with Gasteiger partial charge in [-0.05, 0) is 24.0 Å². The van der Waals surface area contributed by atoms with Crippen LogP contribution in [0.3, 0.4) is 0 Å². The molecule has 2 N–H and O–H groups in total. The van der Waals surface area contributed by atoms with E-state index in [4.69, 9.17) is 4.74 Å². The fraction of sp³-hybridized carbons (Fsp3) is 0.650. The van der Waals surface area contributed by atoms with Crippen molar-refractivity contribution in [2.75, 3.05) is 47.0 Å². The van der Waals surface area contributed by atoms with Crippen LogP contribution >= 0.6 is 0 Å². The first kappa shape index (κ1) is 23.4. The van der Waals surface area contributed by atoms with Crippen molar-refractivity contribution in [1.82, 2.24) is 15.5 Å². The van der Waals surface area contributed by atoms with Crippen LogP contribution in [0.15, 0.2) is 29.3 Å². The van der Waals surface area contributed by atoms with Crippen LogP contribution in [0.2, 0.25) is 0 Å². The van der Waals surface area contributed by atoms with E-state index in [-0.39, 0.29) is 6.61 Å². The zero-order valence-corrected chi connectivity index (χ0v) is 17.1. The maximum Gasteiger partial charge on any atom is 0.411 e. The van der Waals surface area contributed by atoms with Gasteiger partial charge in [0.15, 0.2) is 5.96 Å². The highest BCUT2D eigenvalue weighted by Crippen LogP contribution is 2.25. The second kappa shape index (κ2) is 12.0. The lowest BCUT2D eigenvalue weighted by Gasteiger charge is -2.22. The molecule has 1 aliphatic rings. The Morgan fingerprint density at radius 2 is 1.83 bits per heavy atom. The standard InChI is InChI=1S/C20H31F3N4O2/c1-24-19(25-9-10-27(11-12-28-2)18-7-8-18)26-13-16-3-5-17(6-4-16)14-29-15-20(21,22)23/h3-6,18H,7-15H2,1-2H3,(H2,24,25,26). The minimum Gasteiger partial charge on any atom is -0.383 e. The van der Waals surface area contributed by atoms with Gasteiger partial charge >= 0.3 is 6.18 Å². The van der Waals surface area contributed by atoms with E-state index in [2.05, 4.69) is 25.3 Å². The molecule has 0 aliphatic heterocycles. The molecule has 1 aromatic carbocycles. The molecular weight excluding hydrogens is 385 g/mol. The van der Waals surface area contributed by atoms with Gasteiger partial charge in [0.05, 0.1) is 13.2 Å². The molecule has 9 heteroatoms. The van der Waals surface area contributed by atoms with Gasteiger partial charge in [-0.15, -0.1) is 0 Å². The number of alkyl halides is 3. The monoisotopic (exact) mass is 416 g/mol. The fourth-order valence-corrected chi connectivity index (χ4v) is 2.89. The number of halogens is 3. The molecular formula is C20H31F3N4O2. The van der Waals surface area contributed by atoms with E-state index in [9.17, 15) is 13.2 Å². The van der Waals surface area contributed by atoms with Crippen LogP contribution in [0.25, 0.3) is 0 Å². The third kappa shape index (κ3) is 9.96. The lowest BCUT2D eigenvalue weighted by molar-refractivity contribution is -0.176. The third-order valence-corrected chi connectivity index (χ3v) is 4.58. The molecule has 0 radical (unpaired) electrons. The summed E-state index contributed by atoms with van der Waals surface area (Å²) in [6, 6.07) is 7.96. The molecule has 1 aromatic rings. The van der Waals surface area contributed by atoms with Gasteiger partial charge in [-0.25, -0.2) is 0 Å². The van der Waals surface area contributed by atoms with Crippen molar-refractivity contribution in [3.8, 4) is 0 Å². The molecule has 0 aromatic heterocycles. The minimum absolute atomic E-state index is 0.0585. The molecule has 29 heavy (non-hydrogen) atoms. The number of nitrogens with one attached hydrogen (secondary N) is 2. The summed E-state index contributed by atoms with van der Waals surface area (Å²) in [6.07, 6.45) is -1.78. The second-order valence-corrected chi connectivity index (χ2v) is 7.04. The minimum atomic E-state index is -4.30. The van der Waals surface area contributed by atoms with Gasteiger partial charge in [0.25, 0.3) is 0 Å². The van der Waals surface area contributed by atoms with E-state index >= 15 is 0 Å². The van der Waals surface area contributed by atoms with Crippen molar-refractivity contribution in [3.05, 3.63) is 35.4 Å². The lowest BCUT2D eigenvalue weighted by Crippen LogP contribution is -2.42. The summed E-state index contributed by atoms with van der Waals surface area (Å²) in [6.45, 7) is 2.67. The number of nitrogens with zero attached hydrogens (tertiary/aromatic N) is 2. The molecule has 0 amide bonds. The van der Waals surface area contributed by atoms with Crippen molar-refractivity contribution in [1.29, 1.82) is 0 Å². The quantitative estimate of drug-likeness (QED) is 0.405. The van der Waals surface area contributed by atoms with Crippen molar-refractivity contribution in [2.24, 2.45) is 4.99 Å². The van der Waals surface area contributed by atoms with Crippen molar-refractivity contribution in [3.63, 3.8) is 0 Å². The number of hydrogen-bond acceptors (Lipinski definition) is 4. The van der Waals surface area contributed by atoms with E-state index < -0.39 is 12.8 Å². The van der Waals surface area contributed by atoms with Crippen LogP contribution in [-0.2, 0) is 22.6 Å². The molecule has 0 unspecified atom stereocenters. The maximum absolute atomic E-state index is 12.1. The molecule has 0 atom stereocenters. The molecule has 0 bridgehead atoms. The van der Waals surface area contributed by atoms with Gasteiger partial charge < -0.3 is 20.1 Å².